The molecule has 0 saturated carbocycles. The van der Waals surface area contributed by atoms with Crippen molar-refractivity contribution in [1.82, 2.24) is 10.6 Å². The zero-order valence-electron chi connectivity index (χ0n) is 13.2. The molecule has 0 aliphatic carbocycles. The Morgan fingerprint density at radius 2 is 1.95 bits per heavy atom. The third-order valence-corrected chi connectivity index (χ3v) is 4.09. The van der Waals surface area contributed by atoms with E-state index in [9.17, 15) is 4.79 Å². The molecule has 5 nitrogen and oxygen atoms in total. The van der Waals surface area contributed by atoms with Crippen LogP contribution in [-0.4, -0.2) is 46.4 Å². The van der Waals surface area contributed by atoms with E-state index in [0.29, 0.717) is 24.5 Å². The van der Waals surface area contributed by atoms with E-state index in [2.05, 4.69) is 10.6 Å². The maximum absolute atomic E-state index is 12.4. The SMILES string of the molecule is COCC1(CNC(=O)c2ccccc2OC)CCNCC1.Cl. The molecule has 1 aromatic rings. The Balaban J connectivity index is 0.00000242. The summed E-state index contributed by atoms with van der Waals surface area (Å²) in [6.45, 7) is 3.22. The number of carbonyl (C=O) groups is 1. The number of methoxy groups -OCH3 is 2. The standard InChI is InChI=1S/C16H24N2O3.ClH/c1-20-12-16(7-9-17-10-8-16)11-18-15(19)13-5-3-4-6-14(13)21-2;/h3-6,17H,7-12H2,1-2H3,(H,18,19);1H. The molecule has 0 atom stereocenters. The monoisotopic (exact) mass is 328 g/mol. The smallest absolute Gasteiger partial charge is 0.255 e. The largest absolute Gasteiger partial charge is 0.496 e. The average molecular weight is 329 g/mol. The molecule has 6 heteroatoms. The lowest BCUT2D eigenvalue weighted by atomic mass is 9.79. The Kier molecular flexibility index (Phi) is 7.65. The lowest BCUT2D eigenvalue weighted by molar-refractivity contribution is 0.0511. The number of rotatable bonds is 6. The first-order valence-corrected chi connectivity index (χ1v) is 7.32. The van der Waals surface area contributed by atoms with Gasteiger partial charge in [-0.05, 0) is 38.1 Å². The van der Waals surface area contributed by atoms with Crippen molar-refractivity contribution in [3.05, 3.63) is 29.8 Å². The maximum Gasteiger partial charge on any atom is 0.255 e. The van der Waals surface area contributed by atoms with Gasteiger partial charge in [-0.25, -0.2) is 0 Å². The van der Waals surface area contributed by atoms with Gasteiger partial charge in [0, 0.05) is 19.1 Å². The van der Waals surface area contributed by atoms with Crippen LogP contribution in [0.5, 0.6) is 5.75 Å². The molecule has 2 N–H and O–H groups in total. The molecule has 1 saturated heterocycles. The van der Waals surface area contributed by atoms with Gasteiger partial charge in [-0.3, -0.25) is 4.79 Å². The molecule has 0 radical (unpaired) electrons. The number of hydrogen-bond acceptors (Lipinski definition) is 4. The Labute approximate surface area is 138 Å². The lowest BCUT2D eigenvalue weighted by Crippen LogP contribution is -2.47. The molecule has 0 aromatic heterocycles. The molecule has 1 aliphatic heterocycles. The summed E-state index contributed by atoms with van der Waals surface area (Å²) in [6.07, 6.45) is 2.01. The van der Waals surface area contributed by atoms with Gasteiger partial charge in [0.15, 0.2) is 0 Å². The maximum atomic E-state index is 12.4. The predicted molar refractivity (Wildman–Crippen MR) is 89.0 cm³/mol. The molecule has 1 aliphatic rings. The number of ether oxygens (including phenoxy) is 2. The summed E-state index contributed by atoms with van der Waals surface area (Å²) in [5.74, 6) is 0.502. The van der Waals surface area contributed by atoms with E-state index >= 15 is 0 Å². The number of amides is 1. The van der Waals surface area contributed by atoms with Crippen molar-refractivity contribution in [2.45, 2.75) is 12.8 Å². The quantitative estimate of drug-likeness (QED) is 0.837. The number of nitrogens with one attached hydrogen (secondary N) is 2. The molecule has 124 valence electrons. The highest BCUT2D eigenvalue weighted by atomic mass is 35.5. The van der Waals surface area contributed by atoms with E-state index in [1.165, 1.54) is 0 Å². The van der Waals surface area contributed by atoms with Crippen LogP contribution in [0.2, 0.25) is 0 Å². The summed E-state index contributed by atoms with van der Waals surface area (Å²) >= 11 is 0. The van der Waals surface area contributed by atoms with Crippen molar-refractivity contribution in [2.75, 3.05) is 40.5 Å². The van der Waals surface area contributed by atoms with Gasteiger partial charge < -0.3 is 20.1 Å². The second-order valence-electron chi connectivity index (χ2n) is 5.57. The summed E-state index contributed by atoms with van der Waals surface area (Å²) in [6, 6.07) is 7.27. The average Bonchev–Trinajstić information content (AvgIpc) is 2.54. The van der Waals surface area contributed by atoms with Gasteiger partial charge in [-0.1, -0.05) is 12.1 Å². The van der Waals surface area contributed by atoms with E-state index in [-0.39, 0.29) is 23.7 Å². The molecule has 1 fully saturated rings. The summed E-state index contributed by atoms with van der Waals surface area (Å²) in [4.78, 5) is 12.4. The van der Waals surface area contributed by atoms with Crippen molar-refractivity contribution in [1.29, 1.82) is 0 Å². The molecule has 22 heavy (non-hydrogen) atoms. The van der Waals surface area contributed by atoms with E-state index in [0.717, 1.165) is 25.9 Å². The third kappa shape index (κ3) is 4.60. The van der Waals surface area contributed by atoms with Crippen LogP contribution < -0.4 is 15.4 Å². The van der Waals surface area contributed by atoms with Crippen molar-refractivity contribution in [3.63, 3.8) is 0 Å². The van der Waals surface area contributed by atoms with Crippen LogP contribution in [0.25, 0.3) is 0 Å². The normalized spacial score (nSPS) is 16.5. The summed E-state index contributed by atoms with van der Waals surface area (Å²) in [5.41, 5.74) is 0.596. The molecule has 1 heterocycles. The van der Waals surface area contributed by atoms with Gasteiger partial charge in [0.2, 0.25) is 0 Å². The highest BCUT2D eigenvalue weighted by Gasteiger charge is 2.32. The molecule has 0 unspecified atom stereocenters. The van der Waals surface area contributed by atoms with Crippen molar-refractivity contribution < 1.29 is 14.3 Å². The minimum Gasteiger partial charge on any atom is -0.496 e. The number of piperidine rings is 1. The lowest BCUT2D eigenvalue weighted by Gasteiger charge is -2.37. The molecular weight excluding hydrogens is 304 g/mol. The van der Waals surface area contributed by atoms with Gasteiger partial charge in [-0.2, -0.15) is 0 Å². The van der Waals surface area contributed by atoms with Crippen molar-refractivity contribution in [3.8, 4) is 5.75 Å². The molecule has 0 bridgehead atoms. The number of hydrogen-bond donors (Lipinski definition) is 2. The number of carbonyl (C=O) groups excluding carboxylic acids is 1. The van der Waals surface area contributed by atoms with Gasteiger partial charge in [0.25, 0.3) is 5.91 Å². The Morgan fingerprint density at radius 1 is 1.27 bits per heavy atom. The van der Waals surface area contributed by atoms with E-state index < -0.39 is 0 Å². The fraction of sp³-hybridized carbons (Fsp3) is 0.562. The minimum atomic E-state index is -0.0959. The molecule has 1 aromatic carbocycles. The topological polar surface area (TPSA) is 59.6 Å². The molecule has 2 rings (SSSR count). The summed E-state index contributed by atoms with van der Waals surface area (Å²) in [7, 11) is 3.29. The third-order valence-electron chi connectivity index (χ3n) is 4.09. The molecule has 0 spiro atoms. The first-order valence-electron chi connectivity index (χ1n) is 7.32. The van der Waals surface area contributed by atoms with E-state index in [1.807, 2.05) is 12.1 Å². The number of halogens is 1. The van der Waals surface area contributed by atoms with E-state index in [4.69, 9.17) is 9.47 Å². The van der Waals surface area contributed by atoms with Gasteiger partial charge >= 0.3 is 0 Å². The van der Waals surface area contributed by atoms with Crippen LogP contribution in [0.4, 0.5) is 0 Å². The molecular formula is C16H25ClN2O3. The number of benzene rings is 1. The van der Waals surface area contributed by atoms with Crippen LogP contribution in [0.1, 0.15) is 23.2 Å². The van der Waals surface area contributed by atoms with Crippen molar-refractivity contribution in [2.24, 2.45) is 5.41 Å². The fourth-order valence-electron chi connectivity index (χ4n) is 2.83. The van der Waals surface area contributed by atoms with Crippen LogP contribution in [0.15, 0.2) is 24.3 Å². The Morgan fingerprint density at radius 3 is 2.59 bits per heavy atom. The Bertz CT molecular complexity index is 471. The van der Waals surface area contributed by atoms with Crippen LogP contribution in [0, 0.1) is 5.41 Å². The van der Waals surface area contributed by atoms with Gasteiger partial charge in [-0.15, -0.1) is 12.4 Å². The second-order valence-corrected chi connectivity index (χ2v) is 5.57. The number of para-hydroxylation sites is 1. The first-order chi connectivity index (χ1) is 10.2. The van der Waals surface area contributed by atoms with Gasteiger partial charge in [0.1, 0.15) is 5.75 Å². The highest BCUT2D eigenvalue weighted by Crippen LogP contribution is 2.28. The minimum absolute atomic E-state index is 0. The molecule has 1 amide bonds. The van der Waals surface area contributed by atoms with Crippen LogP contribution >= 0.6 is 12.4 Å². The van der Waals surface area contributed by atoms with Crippen LogP contribution in [0.3, 0.4) is 0 Å². The predicted octanol–water partition coefficient (Wildman–Crippen LogP) is 1.86. The summed E-state index contributed by atoms with van der Waals surface area (Å²) in [5, 5.41) is 6.39. The van der Waals surface area contributed by atoms with Crippen LogP contribution in [-0.2, 0) is 4.74 Å². The first kappa shape index (κ1) is 18.7. The van der Waals surface area contributed by atoms with E-state index in [1.54, 1.807) is 26.4 Å². The second kappa shape index (κ2) is 8.98. The summed E-state index contributed by atoms with van der Waals surface area (Å²) < 4.78 is 10.6. The zero-order chi connectivity index (χ0) is 15.1. The fourth-order valence-corrected chi connectivity index (χ4v) is 2.83. The highest BCUT2D eigenvalue weighted by molar-refractivity contribution is 5.96. The van der Waals surface area contributed by atoms with Gasteiger partial charge in [0.05, 0.1) is 19.3 Å². The zero-order valence-corrected chi connectivity index (χ0v) is 14.0. The van der Waals surface area contributed by atoms with Crippen molar-refractivity contribution >= 4 is 18.3 Å². The Hall–Kier alpha value is -1.30.